The smallest absolute Gasteiger partial charge is 0.239 e. The Balaban J connectivity index is 1.63. The molecule has 0 unspecified atom stereocenters. The van der Waals surface area contributed by atoms with Gasteiger partial charge in [0.2, 0.25) is 5.91 Å². The molecule has 0 atom stereocenters. The first-order valence-electron chi connectivity index (χ1n) is 7.15. The SMILES string of the molecule is Nc1cccc2c1CCCN2CC(=O)NCc1cccs1. The first-order chi connectivity index (χ1) is 10.2. The van der Waals surface area contributed by atoms with Crippen LogP contribution in [0, 0.1) is 0 Å². The van der Waals surface area contributed by atoms with Gasteiger partial charge in [0.15, 0.2) is 0 Å². The molecule has 110 valence electrons. The number of rotatable bonds is 4. The minimum Gasteiger partial charge on any atom is -0.398 e. The molecule has 0 saturated heterocycles. The summed E-state index contributed by atoms with van der Waals surface area (Å²) in [5.41, 5.74) is 9.14. The molecular weight excluding hydrogens is 282 g/mol. The number of carbonyl (C=O) groups is 1. The summed E-state index contributed by atoms with van der Waals surface area (Å²) in [4.78, 5) is 15.4. The molecule has 4 nitrogen and oxygen atoms in total. The highest BCUT2D eigenvalue weighted by Gasteiger charge is 2.20. The molecule has 2 heterocycles. The number of carbonyl (C=O) groups excluding carboxylic acids is 1. The molecule has 1 aliphatic rings. The Labute approximate surface area is 128 Å². The number of thiophene rings is 1. The van der Waals surface area contributed by atoms with E-state index in [1.807, 2.05) is 29.6 Å². The lowest BCUT2D eigenvalue weighted by Gasteiger charge is -2.31. The molecule has 1 aromatic heterocycles. The van der Waals surface area contributed by atoms with E-state index in [0.717, 1.165) is 30.8 Å². The van der Waals surface area contributed by atoms with E-state index < -0.39 is 0 Å². The van der Waals surface area contributed by atoms with E-state index >= 15 is 0 Å². The van der Waals surface area contributed by atoms with E-state index in [9.17, 15) is 4.79 Å². The third-order valence-corrected chi connectivity index (χ3v) is 4.63. The highest BCUT2D eigenvalue weighted by atomic mass is 32.1. The van der Waals surface area contributed by atoms with Gasteiger partial charge in [-0.25, -0.2) is 0 Å². The number of hydrogen-bond acceptors (Lipinski definition) is 4. The van der Waals surface area contributed by atoms with Crippen molar-refractivity contribution in [3.8, 4) is 0 Å². The van der Waals surface area contributed by atoms with Crippen LogP contribution in [-0.2, 0) is 17.8 Å². The fourth-order valence-electron chi connectivity index (χ4n) is 2.72. The normalized spacial score (nSPS) is 13.8. The molecular formula is C16H19N3OS. The molecule has 1 amide bonds. The predicted octanol–water partition coefficient (Wildman–Crippen LogP) is 2.40. The van der Waals surface area contributed by atoms with E-state index in [-0.39, 0.29) is 5.91 Å². The molecule has 3 rings (SSSR count). The Morgan fingerprint density at radius 2 is 2.24 bits per heavy atom. The summed E-state index contributed by atoms with van der Waals surface area (Å²) in [6, 6.07) is 9.96. The van der Waals surface area contributed by atoms with Gasteiger partial charge in [-0.05, 0) is 42.0 Å². The van der Waals surface area contributed by atoms with Crippen LogP contribution in [0.5, 0.6) is 0 Å². The fraction of sp³-hybridized carbons (Fsp3) is 0.312. The molecule has 21 heavy (non-hydrogen) atoms. The number of hydrogen-bond donors (Lipinski definition) is 2. The van der Waals surface area contributed by atoms with E-state index in [1.165, 1.54) is 10.4 Å². The highest BCUT2D eigenvalue weighted by Crippen LogP contribution is 2.30. The Morgan fingerprint density at radius 3 is 3.05 bits per heavy atom. The molecule has 3 N–H and O–H groups in total. The Morgan fingerprint density at radius 1 is 1.33 bits per heavy atom. The van der Waals surface area contributed by atoms with Crippen LogP contribution in [0.25, 0.3) is 0 Å². The minimum absolute atomic E-state index is 0.0543. The zero-order valence-electron chi connectivity index (χ0n) is 11.8. The number of nitrogens with two attached hydrogens (primary N) is 1. The third kappa shape index (κ3) is 3.19. The lowest BCUT2D eigenvalue weighted by molar-refractivity contribution is -0.119. The highest BCUT2D eigenvalue weighted by molar-refractivity contribution is 7.09. The number of fused-ring (bicyclic) bond motifs is 1. The van der Waals surface area contributed by atoms with E-state index in [4.69, 9.17) is 5.73 Å². The largest absolute Gasteiger partial charge is 0.398 e. The summed E-state index contributed by atoms with van der Waals surface area (Å²) in [5.74, 6) is 0.0543. The van der Waals surface area contributed by atoms with E-state index in [2.05, 4.69) is 16.3 Å². The summed E-state index contributed by atoms with van der Waals surface area (Å²) in [7, 11) is 0. The average Bonchev–Trinajstić information content (AvgIpc) is 3.00. The number of nitrogens with zero attached hydrogens (tertiary/aromatic N) is 1. The second kappa shape index (κ2) is 6.18. The van der Waals surface area contributed by atoms with Crippen molar-refractivity contribution in [3.05, 3.63) is 46.2 Å². The third-order valence-electron chi connectivity index (χ3n) is 3.76. The summed E-state index contributed by atoms with van der Waals surface area (Å²) in [5, 5.41) is 5.00. The Kier molecular flexibility index (Phi) is 4.10. The van der Waals surface area contributed by atoms with Crippen LogP contribution in [0.1, 0.15) is 16.9 Å². The second-order valence-electron chi connectivity index (χ2n) is 5.23. The molecule has 0 fully saturated rings. The second-order valence-corrected chi connectivity index (χ2v) is 6.26. The molecule has 0 saturated carbocycles. The maximum absolute atomic E-state index is 12.1. The molecule has 1 aliphatic heterocycles. The summed E-state index contributed by atoms with van der Waals surface area (Å²) >= 11 is 1.66. The van der Waals surface area contributed by atoms with Gasteiger partial charge in [-0.15, -0.1) is 11.3 Å². The van der Waals surface area contributed by atoms with Gasteiger partial charge < -0.3 is 16.0 Å². The molecule has 1 aromatic carbocycles. The van der Waals surface area contributed by atoms with Gasteiger partial charge in [-0.2, -0.15) is 0 Å². The topological polar surface area (TPSA) is 58.4 Å². The van der Waals surface area contributed by atoms with Crippen LogP contribution < -0.4 is 16.0 Å². The molecule has 2 aromatic rings. The summed E-state index contributed by atoms with van der Waals surface area (Å²) in [6.45, 7) is 1.90. The molecule has 0 bridgehead atoms. The van der Waals surface area contributed by atoms with Crippen molar-refractivity contribution in [1.29, 1.82) is 0 Å². The predicted molar refractivity (Wildman–Crippen MR) is 87.6 cm³/mol. The first-order valence-corrected chi connectivity index (χ1v) is 8.03. The Hall–Kier alpha value is -2.01. The number of anilines is 2. The van der Waals surface area contributed by atoms with Crippen molar-refractivity contribution in [1.82, 2.24) is 5.32 Å². The van der Waals surface area contributed by atoms with Crippen LogP contribution >= 0.6 is 11.3 Å². The van der Waals surface area contributed by atoms with Crippen LogP contribution in [0.2, 0.25) is 0 Å². The average molecular weight is 301 g/mol. The van der Waals surface area contributed by atoms with Crippen molar-refractivity contribution < 1.29 is 4.79 Å². The lowest BCUT2D eigenvalue weighted by Crippen LogP contribution is -2.39. The zero-order valence-corrected chi connectivity index (χ0v) is 12.7. The minimum atomic E-state index is 0.0543. The molecule has 0 spiro atoms. The van der Waals surface area contributed by atoms with Crippen LogP contribution in [0.4, 0.5) is 11.4 Å². The van der Waals surface area contributed by atoms with Crippen LogP contribution in [0.3, 0.4) is 0 Å². The van der Waals surface area contributed by atoms with Gasteiger partial charge in [0.1, 0.15) is 0 Å². The standard InChI is InChI=1S/C16H19N3OS/c17-14-6-1-7-15-13(14)5-2-8-19(15)11-16(20)18-10-12-4-3-9-21-12/h1,3-4,6-7,9H,2,5,8,10-11,17H2,(H,18,20). The summed E-state index contributed by atoms with van der Waals surface area (Å²) in [6.07, 6.45) is 2.04. The first kappa shape index (κ1) is 13.9. The monoisotopic (exact) mass is 301 g/mol. The van der Waals surface area contributed by atoms with Gasteiger partial charge in [-0.1, -0.05) is 12.1 Å². The van der Waals surface area contributed by atoms with Crippen molar-refractivity contribution >= 4 is 28.6 Å². The number of amides is 1. The van der Waals surface area contributed by atoms with Gasteiger partial charge in [-0.3, -0.25) is 4.79 Å². The van der Waals surface area contributed by atoms with Crippen molar-refractivity contribution in [2.24, 2.45) is 0 Å². The van der Waals surface area contributed by atoms with Crippen molar-refractivity contribution in [2.75, 3.05) is 23.7 Å². The molecule has 0 aliphatic carbocycles. The van der Waals surface area contributed by atoms with Crippen molar-refractivity contribution in [2.45, 2.75) is 19.4 Å². The van der Waals surface area contributed by atoms with Crippen molar-refractivity contribution in [3.63, 3.8) is 0 Å². The number of benzene rings is 1. The van der Waals surface area contributed by atoms with Gasteiger partial charge in [0.25, 0.3) is 0 Å². The van der Waals surface area contributed by atoms with Gasteiger partial charge >= 0.3 is 0 Å². The molecule has 5 heteroatoms. The van der Waals surface area contributed by atoms with Crippen LogP contribution in [-0.4, -0.2) is 19.0 Å². The molecule has 0 radical (unpaired) electrons. The lowest BCUT2D eigenvalue weighted by atomic mass is 10.00. The maximum atomic E-state index is 12.1. The number of nitrogens with one attached hydrogen (secondary N) is 1. The Bertz CT molecular complexity index is 624. The maximum Gasteiger partial charge on any atom is 0.239 e. The van der Waals surface area contributed by atoms with Crippen LogP contribution in [0.15, 0.2) is 35.7 Å². The summed E-state index contributed by atoms with van der Waals surface area (Å²) < 4.78 is 0. The zero-order chi connectivity index (χ0) is 14.7. The van der Waals surface area contributed by atoms with Gasteiger partial charge in [0.05, 0.1) is 13.1 Å². The van der Waals surface area contributed by atoms with Gasteiger partial charge in [0, 0.05) is 22.8 Å². The van der Waals surface area contributed by atoms with E-state index in [1.54, 1.807) is 11.3 Å². The number of nitrogen functional groups attached to an aromatic ring is 1. The fourth-order valence-corrected chi connectivity index (χ4v) is 3.36. The quantitative estimate of drug-likeness (QED) is 0.853. The van der Waals surface area contributed by atoms with E-state index in [0.29, 0.717) is 13.1 Å².